The van der Waals surface area contributed by atoms with Crippen LogP contribution in [0.25, 0.3) is 22.2 Å². The number of rotatable bonds is 2. The van der Waals surface area contributed by atoms with Crippen molar-refractivity contribution in [3.63, 3.8) is 0 Å². The van der Waals surface area contributed by atoms with Gasteiger partial charge in [0, 0.05) is 27.7 Å². The van der Waals surface area contributed by atoms with Crippen LogP contribution >= 0.6 is 38.5 Å². The maximum Gasteiger partial charge on any atom is 0.275 e. The number of H-pyrrole nitrogens is 1. The fourth-order valence-corrected chi connectivity index (χ4v) is 3.66. The van der Waals surface area contributed by atoms with E-state index < -0.39 is 10.7 Å². The largest absolute Gasteiger partial charge is 0.334 e. The third-order valence-corrected chi connectivity index (χ3v) is 5.39. The highest BCUT2D eigenvalue weighted by Crippen LogP contribution is 2.39. The molecule has 3 aromatic rings. The molecule has 0 saturated heterocycles. The third-order valence-electron chi connectivity index (χ3n) is 3.78. The highest BCUT2D eigenvalue weighted by molar-refractivity contribution is 14.1. The molecule has 0 amide bonds. The first-order valence-corrected chi connectivity index (χ1v) is 8.45. The summed E-state index contributed by atoms with van der Waals surface area (Å²) < 4.78 is 15.7. The Morgan fingerprint density at radius 1 is 1.35 bits per heavy atom. The van der Waals surface area contributed by atoms with Crippen LogP contribution in [0.1, 0.15) is 11.1 Å². The average Bonchev–Trinajstić information content (AvgIpc) is 2.82. The second-order valence-corrected chi connectivity index (χ2v) is 7.06. The fraction of sp³-hybridized carbons (Fsp3) is 0.133. The maximum absolute atomic E-state index is 14.2. The Labute approximate surface area is 152 Å². The predicted molar refractivity (Wildman–Crippen MR) is 98.0 cm³/mol. The predicted octanol–water partition coefficient (Wildman–Crippen LogP) is 5.26. The summed E-state index contributed by atoms with van der Waals surface area (Å²) in [6.45, 7) is 3.32. The van der Waals surface area contributed by atoms with Gasteiger partial charge in [-0.1, -0.05) is 0 Å². The first-order valence-electron chi connectivity index (χ1n) is 6.58. The van der Waals surface area contributed by atoms with E-state index in [-0.39, 0.29) is 11.3 Å². The molecular formula is C15H10BrFIN3O2. The zero-order valence-corrected chi connectivity index (χ0v) is 15.8. The van der Waals surface area contributed by atoms with E-state index in [2.05, 4.69) is 48.5 Å². The number of halogens is 3. The first-order chi connectivity index (χ1) is 10.8. The summed E-state index contributed by atoms with van der Waals surface area (Å²) in [6.07, 6.45) is 1.69. The summed E-state index contributed by atoms with van der Waals surface area (Å²) in [5.41, 5.74) is 2.57. The van der Waals surface area contributed by atoms with Gasteiger partial charge in [-0.05, 0) is 69.6 Å². The van der Waals surface area contributed by atoms with E-state index in [0.717, 1.165) is 19.1 Å². The Morgan fingerprint density at radius 2 is 2.04 bits per heavy atom. The molecule has 2 aromatic heterocycles. The van der Waals surface area contributed by atoms with Crippen LogP contribution in [-0.2, 0) is 0 Å². The van der Waals surface area contributed by atoms with Gasteiger partial charge in [0.25, 0.3) is 5.69 Å². The van der Waals surface area contributed by atoms with Crippen LogP contribution in [0.2, 0.25) is 0 Å². The molecule has 118 valence electrons. The number of nitro benzene ring substituents is 1. The number of aryl methyl sites for hydroxylation is 1. The topological polar surface area (TPSA) is 71.8 Å². The van der Waals surface area contributed by atoms with E-state index >= 15 is 0 Å². The van der Waals surface area contributed by atoms with Crippen molar-refractivity contribution in [2.24, 2.45) is 0 Å². The van der Waals surface area contributed by atoms with Gasteiger partial charge in [-0.15, -0.1) is 0 Å². The minimum Gasteiger partial charge on any atom is -0.334 e. The first kappa shape index (κ1) is 16.3. The van der Waals surface area contributed by atoms with E-state index in [0.29, 0.717) is 16.8 Å². The van der Waals surface area contributed by atoms with Gasteiger partial charge in [0.1, 0.15) is 11.5 Å². The Morgan fingerprint density at radius 3 is 2.70 bits per heavy atom. The summed E-state index contributed by atoms with van der Waals surface area (Å²) in [7, 11) is 0. The van der Waals surface area contributed by atoms with Crippen LogP contribution in [0.4, 0.5) is 10.1 Å². The van der Waals surface area contributed by atoms with Crippen LogP contribution < -0.4 is 0 Å². The molecule has 3 rings (SSSR count). The standard InChI is InChI=1S/C15H10BrFIN3O2/c1-6-9(16)5-19-15-12(6)13(14(18)20-15)8-3-10(17)7(2)11(4-8)21(22)23/h3-5H,1-2H3,(H,19,20). The van der Waals surface area contributed by atoms with Crippen molar-refractivity contribution in [3.8, 4) is 11.1 Å². The highest BCUT2D eigenvalue weighted by atomic mass is 127. The third kappa shape index (κ3) is 2.63. The minimum absolute atomic E-state index is 0.0321. The highest BCUT2D eigenvalue weighted by Gasteiger charge is 2.22. The molecule has 5 nitrogen and oxygen atoms in total. The number of nitrogens with zero attached hydrogens (tertiary/aromatic N) is 2. The molecule has 8 heteroatoms. The molecular weight excluding hydrogens is 480 g/mol. The smallest absolute Gasteiger partial charge is 0.275 e. The minimum atomic E-state index is -0.597. The second kappa shape index (κ2) is 5.82. The van der Waals surface area contributed by atoms with Gasteiger partial charge in [0.05, 0.1) is 14.2 Å². The van der Waals surface area contributed by atoms with Crippen LogP contribution in [0.3, 0.4) is 0 Å². The molecule has 0 spiro atoms. The zero-order valence-electron chi connectivity index (χ0n) is 12.1. The lowest BCUT2D eigenvalue weighted by molar-refractivity contribution is -0.385. The van der Waals surface area contributed by atoms with Crippen molar-refractivity contribution in [3.05, 3.63) is 53.6 Å². The SMILES string of the molecule is Cc1c(F)cc(-c2c(I)[nH]c3ncc(Br)c(C)c23)cc1[N+](=O)[O-]. The number of hydrogen-bond acceptors (Lipinski definition) is 3. The molecule has 1 N–H and O–H groups in total. The Balaban J connectivity index is 2.40. The van der Waals surface area contributed by atoms with Crippen LogP contribution in [-0.4, -0.2) is 14.9 Å². The van der Waals surface area contributed by atoms with Gasteiger partial charge < -0.3 is 4.98 Å². The number of aromatic amines is 1. The van der Waals surface area contributed by atoms with E-state index in [1.54, 1.807) is 6.20 Å². The normalized spacial score (nSPS) is 11.2. The summed E-state index contributed by atoms with van der Waals surface area (Å²) in [6, 6.07) is 2.73. The van der Waals surface area contributed by atoms with E-state index in [9.17, 15) is 14.5 Å². The Bertz CT molecular complexity index is 971. The monoisotopic (exact) mass is 489 g/mol. The molecule has 0 aliphatic carbocycles. The average molecular weight is 490 g/mol. The fourth-order valence-electron chi connectivity index (χ4n) is 2.53. The van der Waals surface area contributed by atoms with Crippen molar-refractivity contribution in [1.82, 2.24) is 9.97 Å². The number of aromatic nitrogens is 2. The van der Waals surface area contributed by atoms with Crippen molar-refractivity contribution < 1.29 is 9.31 Å². The quantitative estimate of drug-likeness (QED) is 0.303. The lowest BCUT2D eigenvalue weighted by atomic mass is 10.0. The van der Waals surface area contributed by atoms with Crippen molar-refractivity contribution in [2.75, 3.05) is 0 Å². The molecule has 0 saturated carbocycles. The second-order valence-electron chi connectivity index (χ2n) is 5.13. The van der Waals surface area contributed by atoms with E-state index in [1.807, 2.05) is 6.92 Å². The number of hydrogen-bond donors (Lipinski definition) is 1. The molecule has 0 bridgehead atoms. The summed E-state index contributed by atoms with van der Waals surface area (Å²) in [5.74, 6) is -0.597. The van der Waals surface area contributed by atoms with Gasteiger partial charge >= 0.3 is 0 Å². The number of pyridine rings is 1. The molecule has 2 heterocycles. The van der Waals surface area contributed by atoms with E-state index in [4.69, 9.17) is 0 Å². The van der Waals surface area contributed by atoms with E-state index in [1.165, 1.54) is 19.1 Å². The molecule has 0 aliphatic heterocycles. The van der Waals surface area contributed by atoms with Gasteiger partial charge in [-0.2, -0.15) is 0 Å². The maximum atomic E-state index is 14.2. The van der Waals surface area contributed by atoms with Crippen molar-refractivity contribution in [1.29, 1.82) is 0 Å². The van der Waals surface area contributed by atoms with Gasteiger partial charge in [0.15, 0.2) is 0 Å². The van der Waals surface area contributed by atoms with Crippen LogP contribution in [0.5, 0.6) is 0 Å². The summed E-state index contributed by atoms with van der Waals surface area (Å²) in [4.78, 5) is 18.1. The van der Waals surface area contributed by atoms with Gasteiger partial charge in [-0.3, -0.25) is 10.1 Å². The lowest BCUT2D eigenvalue weighted by Crippen LogP contribution is -1.96. The van der Waals surface area contributed by atoms with Crippen molar-refractivity contribution in [2.45, 2.75) is 13.8 Å². The molecule has 0 unspecified atom stereocenters. The molecule has 0 fully saturated rings. The molecule has 0 aliphatic rings. The van der Waals surface area contributed by atoms with Crippen molar-refractivity contribution >= 4 is 55.2 Å². The van der Waals surface area contributed by atoms with Crippen LogP contribution in [0, 0.1) is 33.5 Å². The number of nitrogens with one attached hydrogen (secondary N) is 1. The van der Waals surface area contributed by atoms with Gasteiger partial charge in [0.2, 0.25) is 0 Å². The Kier molecular flexibility index (Phi) is 4.13. The lowest BCUT2D eigenvalue weighted by Gasteiger charge is -2.07. The molecule has 0 atom stereocenters. The molecule has 1 aromatic carbocycles. The zero-order chi connectivity index (χ0) is 16.9. The molecule has 23 heavy (non-hydrogen) atoms. The summed E-state index contributed by atoms with van der Waals surface area (Å²) >= 11 is 5.53. The molecule has 0 radical (unpaired) electrons. The Hall–Kier alpha value is -1.55. The van der Waals surface area contributed by atoms with Gasteiger partial charge in [-0.25, -0.2) is 9.37 Å². The number of benzene rings is 1. The number of nitro groups is 1. The summed E-state index contributed by atoms with van der Waals surface area (Å²) in [5, 5.41) is 12.0. The van der Waals surface area contributed by atoms with Crippen LogP contribution in [0.15, 0.2) is 22.8 Å². The number of fused-ring (bicyclic) bond motifs is 1.